The number of aliphatic hydroxyl groups excluding tert-OH is 1. The Bertz CT molecular complexity index is 1030. The first-order valence-corrected chi connectivity index (χ1v) is 11.0. The van der Waals surface area contributed by atoms with Crippen molar-refractivity contribution in [2.24, 2.45) is 0 Å². The lowest BCUT2D eigenvalue weighted by atomic mass is 9.95. The van der Waals surface area contributed by atoms with Gasteiger partial charge in [-0.05, 0) is 36.9 Å². The number of aliphatic hydroxyl groups is 1. The molecule has 7 heteroatoms. The summed E-state index contributed by atoms with van der Waals surface area (Å²) in [6, 6.07) is 13.7. The first-order valence-electron chi connectivity index (χ1n) is 11.0. The predicted octanol–water partition coefficient (Wildman–Crippen LogP) is 3.22. The number of hydrogen-bond donors (Lipinski definition) is 1. The lowest BCUT2D eigenvalue weighted by molar-refractivity contribution is -0.140. The molecule has 0 bridgehead atoms. The van der Waals surface area contributed by atoms with Crippen LogP contribution in [0.4, 0.5) is 0 Å². The minimum Gasteiger partial charge on any atom is -0.507 e. The highest BCUT2D eigenvalue weighted by Gasteiger charge is 2.46. The molecular formula is C25H28N2O5. The van der Waals surface area contributed by atoms with Crippen LogP contribution in [-0.4, -0.2) is 66.0 Å². The number of hydrogen-bond acceptors (Lipinski definition) is 6. The summed E-state index contributed by atoms with van der Waals surface area (Å²) in [4.78, 5) is 29.9. The molecule has 1 amide bonds. The number of ether oxygens (including phenoxy) is 2. The molecular weight excluding hydrogens is 408 g/mol. The van der Waals surface area contributed by atoms with Crippen LogP contribution >= 0.6 is 0 Å². The topological polar surface area (TPSA) is 79.3 Å². The fraction of sp³-hybridized carbons (Fsp3) is 0.360. The summed E-state index contributed by atoms with van der Waals surface area (Å²) in [6.07, 6.45) is 0. The van der Waals surface area contributed by atoms with E-state index in [9.17, 15) is 14.7 Å². The number of rotatable bonds is 7. The van der Waals surface area contributed by atoms with Gasteiger partial charge in [0.05, 0.1) is 11.6 Å². The van der Waals surface area contributed by atoms with Crippen LogP contribution in [0.5, 0.6) is 11.5 Å². The number of fused-ring (bicyclic) bond motifs is 1. The second kappa shape index (κ2) is 9.44. The third kappa shape index (κ3) is 4.08. The minimum atomic E-state index is -0.675. The molecule has 0 saturated carbocycles. The van der Waals surface area contributed by atoms with Crippen LogP contribution in [0.15, 0.2) is 54.1 Å². The zero-order valence-electron chi connectivity index (χ0n) is 18.4. The van der Waals surface area contributed by atoms with Crippen molar-refractivity contribution in [3.05, 3.63) is 65.2 Å². The second-order valence-corrected chi connectivity index (χ2v) is 7.79. The van der Waals surface area contributed by atoms with Crippen molar-refractivity contribution in [3.63, 3.8) is 0 Å². The lowest BCUT2D eigenvalue weighted by Gasteiger charge is -2.28. The van der Waals surface area contributed by atoms with Gasteiger partial charge in [-0.1, -0.05) is 44.2 Å². The van der Waals surface area contributed by atoms with Crippen LogP contribution in [0.2, 0.25) is 0 Å². The molecule has 2 aromatic carbocycles. The third-order valence-electron chi connectivity index (χ3n) is 6.02. The molecule has 0 spiro atoms. The number of Topliss-reactive ketones (excluding diaryl/α,β-unsaturated/α-hetero) is 1. The molecule has 1 saturated heterocycles. The summed E-state index contributed by atoms with van der Waals surface area (Å²) in [5.74, 6) is -0.380. The van der Waals surface area contributed by atoms with Gasteiger partial charge in [0, 0.05) is 18.7 Å². The monoisotopic (exact) mass is 436 g/mol. The van der Waals surface area contributed by atoms with Crippen molar-refractivity contribution in [1.82, 2.24) is 9.80 Å². The maximum atomic E-state index is 13.1. The van der Waals surface area contributed by atoms with E-state index in [0.29, 0.717) is 43.4 Å². The molecule has 32 heavy (non-hydrogen) atoms. The van der Waals surface area contributed by atoms with E-state index in [-0.39, 0.29) is 11.3 Å². The highest BCUT2D eigenvalue weighted by molar-refractivity contribution is 6.46. The number of nitrogens with zero attached hydrogens (tertiary/aromatic N) is 2. The summed E-state index contributed by atoms with van der Waals surface area (Å²) in [5, 5.41) is 11.2. The van der Waals surface area contributed by atoms with Crippen molar-refractivity contribution in [2.45, 2.75) is 19.9 Å². The quantitative estimate of drug-likeness (QED) is 0.408. The van der Waals surface area contributed by atoms with E-state index in [2.05, 4.69) is 18.7 Å². The predicted molar refractivity (Wildman–Crippen MR) is 121 cm³/mol. The smallest absolute Gasteiger partial charge is 0.295 e. The van der Waals surface area contributed by atoms with Crippen LogP contribution in [0.25, 0.3) is 5.76 Å². The van der Waals surface area contributed by atoms with Crippen molar-refractivity contribution >= 4 is 17.4 Å². The molecule has 2 aliphatic rings. The zero-order chi connectivity index (χ0) is 22.7. The third-order valence-corrected chi connectivity index (χ3v) is 6.02. The van der Waals surface area contributed by atoms with Gasteiger partial charge in [-0.3, -0.25) is 9.59 Å². The molecule has 1 atom stereocenters. The van der Waals surface area contributed by atoms with Crippen molar-refractivity contribution in [3.8, 4) is 11.5 Å². The Hall–Kier alpha value is -3.32. The molecule has 1 unspecified atom stereocenters. The zero-order valence-corrected chi connectivity index (χ0v) is 18.4. The maximum Gasteiger partial charge on any atom is 0.295 e. The highest BCUT2D eigenvalue weighted by Crippen LogP contribution is 2.40. The van der Waals surface area contributed by atoms with E-state index in [1.807, 2.05) is 30.3 Å². The number of likely N-dealkylation sites (N-methyl/N-ethyl adjacent to an activating group) is 1. The molecule has 0 radical (unpaired) electrons. The highest BCUT2D eigenvalue weighted by atomic mass is 16.6. The number of carbonyl (C=O) groups excluding carboxylic acids is 2. The Morgan fingerprint density at radius 1 is 1.03 bits per heavy atom. The molecule has 7 nitrogen and oxygen atoms in total. The van der Waals surface area contributed by atoms with Gasteiger partial charge in [0.25, 0.3) is 11.7 Å². The number of carbonyl (C=O) groups is 2. The van der Waals surface area contributed by atoms with E-state index in [0.717, 1.165) is 18.7 Å². The van der Waals surface area contributed by atoms with Gasteiger partial charge in [-0.2, -0.15) is 0 Å². The van der Waals surface area contributed by atoms with E-state index in [1.165, 1.54) is 0 Å². The molecule has 1 fully saturated rings. The molecule has 1 N–H and O–H groups in total. The van der Waals surface area contributed by atoms with Gasteiger partial charge in [-0.25, -0.2) is 0 Å². The number of benzene rings is 2. The van der Waals surface area contributed by atoms with Crippen molar-refractivity contribution in [1.29, 1.82) is 0 Å². The van der Waals surface area contributed by atoms with Gasteiger partial charge in [-0.15, -0.1) is 0 Å². The Morgan fingerprint density at radius 2 is 1.72 bits per heavy atom. The molecule has 0 aliphatic carbocycles. The van der Waals surface area contributed by atoms with E-state index < -0.39 is 17.7 Å². The lowest BCUT2D eigenvalue weighted by Crippen LogP contribution is -2.38. The Balaban J connectivity index is 1.76. The van der Waals surface area contributed by atoms with Gasteiger partial charge in [0.15, 0.2) is 11.5 Å². The van der Waals surface area contributed by atoms with Crippen LogP contribution in [0, 0.1) is 0 Å². The summed E-state index contributed by atoms with van der Waals surface area (Å²) in [7, 11) is 0. The van der Waals surface area contributed by atoms with Crippen molar-refractivity contribution in [2.75, 3.05) is 39.4 Å². The standard InChI is InChI=1S/C25H28N2O5/c1-3-26(4-2)12-13-27-22(17-8-6-5-7-9-17)21(24(29)25(27)30)23(28)18-10-11-19-20(16-18)32-15-14-31-19/h5-11,16,22,28H,3-4,12-15H2,1-2H3/b23-21-. The number of amides is 1. The van der Waals surface area contributed by atoms with E-state index in [4.69, 9.17) is 9.47 Å². The summed E-state index contributed by atoms with van der Waals surface area (Å²) >= 11 is 0. The molecule has 2 heterocycles. The van der Waals surface area contributed by atoms with Gasteiger partial charge in [0.1, 0.15) is 19.0 Å². The average Bonchev–Trinajstić information content (AvgIpc) is 3.09. The fourth-order valence-electron chi connectivity index (χ4n) is 4.23. The minimum absolute atomic E-state index is 0.0948. The van der Waals surface area contributed by atoms with E-state index >= 15 is 0 Å². The Labute approximate surface area is 187 Å². The van der Waals surface area contributed by atoms with Crippen LogP contribution < -0.4 is 9.47 Å². The van der Waals surface area contributed by atoms with E-state index in [1.54, 1.807) is 23.1 Å². The fourth-order valence-corrected chi connectivity index (χ4v) is 4.23. The van der Waals surface area contributed by atoms with Gasteiger partial charge >= 0.3 is 0 Å². The number of likely N-dealkylation sites (tertiary alicyclic amines) is 1. The largest absolute Gasteiger partial charge is 0.507 e. The Morgan fingerprint density at radius 3 is 2.41 bits per heavy atom. The first kappa shape index (κ1) is 21.9. The molecule has 168 valence electrons. The molecule has 2 aromatic rings. The van der Waals surface area contributed by atoms with Gasteiger partial charge in [0.2, 0.25) is 0 Å². The van der Waals surface area contributed by atoms with Gasteiger partial charge < -0.3 is 24.4 Å². The second-order valence-electron chi connectivity index (χ2n) is 7.79. The average molecular weight is 437 g/mol. The first-order chi connectivity index (χ1) is 15.5. The normalized spacial score (nSPS) is 19.6. The van der Waals surface area contributed by atoms with Crippen LogP contribution in [0.3, 0.4) is 0 Å². The summed E-state index contributed by atoms with van der Waals surface area (Å²) < 4.78 is 11.2. The number of ketones is 1. The molecule has 2 aliphatic heterocycles. The maximum absolute atomic E-state index is 13.1. The van der Waals surface area contributed by atoms with Crippen LogP contribution in [0.1, 0.15) is 31.0 Å². The van der Waals surface area contributed by atoms with Crippen LogP contribution in [-0.2, 0) is 9.59 Å². The van der Waals surface area contributed by atoms with Crippen molar-refractivity contribution < 1.29 is 24.2 Å². The SMILES string of the molecule is CCN(CC)CCN1C(=O)C(=O)/C(=C(\O)c2ccc3c(c2)OCCO3)C1c1ccccc1. The molecule has 4 rings (SSSR count). The Kier molecular flexibility index (Phi) is 6.46. The molecule has 0 aromatic heterocycles. The summed E-state index contributed by atoms with van der Waals surface area (Å²) in [5.41, 5.74) is 1.29. The summed E-state index contributed by atoms with van der Waals surface area (Å²) in [6.45, 7) is 7.75.